The van der Waals surface area contributed by atoms with Crippen LogP contribution >= 0.6 is 0 Å². The molecule has 25 heavy (non-hydrogen) atoms. The average molecular weight is 335 g/mol. The predicted molar refractivity (Wildman–Crippen MR) is 91.7 cm³/mol. The number of carbonyl (C=O) groups excluding carboxylic acids is 1. The van der Waals surface area contributed by atoms with Gasteiger partial charge in [0, 0.05) is 12.7 Å². The van der Waals surface area contributed by atoms with E-state index in [1.165, 1.54) is 0 Å². The third kappa shape index (κ3) is 3.47. The van der Waals surface area contributed by atoms with E-state index in [0.29, 0.717) is 6.54 Å². The van der Waals surface area contributed by atoms with Crippen molar-refractivity contribution >= 4 is 5.91 Å². The van der Waals surface area contributed by atoms with Crippen LogP contribution in [0.5, 0.6) is 11.5 Å². The van der Waals surface area contributed by atoms with Crippen LogP contribution in [0.1, 0.15) is 11.1 Å². The molecule has 2 aromatic carbocycles. The van der Waals surface area contributed by atoms with Crippen molar-refractivity contribution in [3.8, 4) is 17.2 Å². The lowest BCUT2D eigenvalue weighted by atomic mass is 10.2. The molecule has 0 fully saturated rings. The summed E-state index contributed by atoms with van der Waals surface area (Å²) in [6.45, 7) is 0.693. The average Bonchev–Trinajstić information content (AvgIpc) is 3.29. The summed E-state index contributed by atoms with van der Waals surface area (Å²) < 4.78 is 12.4. The number of benzene rings is 2. The van der Waals surface area contributed by atoms with Crippen LogP contribution < -0.4 is 14.8 Å². The summed E-state index contributed by atoms with van der Waals surface area (Å²) in [5.74, 6) is 1.41. The summed E-state index contributed by atoms with van der Waals surface area (Å²) in [5.41, 5.74) is 2.80. The lowest BCUT2D eigenvalue weighted by Crippen LogP contribution is -2.24. The van der Waals surface area contributed by atoms with E-state index < -0.39 is 0 Å². The first-order chi connectivity index (χ1) is 12.3. The van der Waals surface area contributed by atoms with Crippen molar-refractivity contribution in [2.75, 3.05) is 6.79 Å². The highest BCUT2D eigenvalue weighted by molar-refractivity contribution is 5.78. The Morgan fingerprint density at radius 2 is 1.92 bits per heavy atom. The minimum absolute atomic E-state index is 0.0507. The van der Waals surface area contributed by atoms with Crippen LogP contribution in [0.3, 0.4) is 0 Å². The number of hydrogen-bond acceptors (Lipinski definition) is 4. The van der Waals surface area contributed by atoms with E-state index in [0.717, 1.165) is 28.3 Å². The van der Waals surface area contributed by atoms with E-state index in [1.54, 1.807) is 10.9 Å². The fourth-order valence-electron chi connectivity index (χ4n) is 2.67. The van der Waals surface area contributed by atoms with Gasteiger partial charge in [0.25, 0.3) is 0 Å². The van der Waals surface area contributed by atoms with E-state index >= 15 is 0 Å². The zero-order valence-corrected chi connectivity index (χ0v) is 13.5. The Balaban J connectivity index is 1.34. The van der Waals surface area contributed by atoms with Crippen molar-refractivity contribution in [3.05, 3.63) is 72.1 Å². The van der Waals surface area contributed by atoms with Gasteiger partial charge in [-0.3, -0.25) is 4.79 Å². The Labute approximate surface area is 145 Å². The first-order valence-electron chi connectivity index (χ1n) is 8.02. The van der Waals surface area contributed by atoms with Gasteiger partial charge >= 0.3 is 0 Å². The van der Waals surface area contributed by atoms with Crippen LogP contribution in [0.15, 0.2) is 60.9 Å². The SMILES string of the molecule is O=C(Cc1cnn(-c2ccccc2)c1)NCc1ccc2c(c1)OCO2. The molecule has 0 saturated heterocycles. The summed E-state index contributed by atoms with van der Waals surface area (Å²) in [7, 11) is 0. The maximum absolute atomic E-state index is 12.2. The molecule has 0 unspecified atom stereocenters. The summed E-state index contributed by atoms with van der Waals surface area (Å²) in [6.07, 6.45) is 3.88. The summed E-state index contributed by atoms with van der Waals surface area (Å²) in [4.78, 5) is 12.2. The Morgan fingerprint density at radius 1 is 1.08 bits per heavy atom. The molecule has 1 aliphatic rings. The van der Waals surface area contributed by atoms with Gasteiger partial charge in [0.05, 0.1) is 18.3 Å². The monoisotopic (exact) mass is 335 g/mol. The topological polar surface area (TPSA) is 65.4 Å². The van der Waals surface area contributed by atoms with Gasteiger partial charge in [-0.25, -0.2) is 4.68 Å². The van der Waals surface area contributed by atoms with Gasteiger partial charge in [-0.05, 0) is 35.4 Å². The van der Waals surface area contributed by atoms with Crippen LogP contribution in [-0.4, -0.2) is 22.5 Å². The number of ether oxygens (including phenoxy) is 2. The Bertz CT molecular complexity index is 890. The van der Waals surface area contributed by atoms with Crippen LogP contribution in [0.2, 0.25) is 0 Å². The maximum atomic E-state index is 12.2. The van der Waals surface area contributed by atoms with Crippen molar-refractivity contribution < 1.29 is 14.3 Å². The second kappa shape index (κ2) is 6.68. The molecule has 1 N–H and O–H groups in total. The largest absolute Gasteiger partial charge is 0.454 e. The molecule has 1 aliphatic heterocycles. The van der Waals surface area contributed by atoms with Crippen molar-refractivity contribution in [2.24, 2.45) is 0 Å². The normalized spacial score (nSPS) is 12.2. The summed E-state index contributed by atoms with van der Waals surface area (Å²) in [6, 6.07) is 15.5. The molecule has 6 nitrogen and oxygen atoms in total. The highest BCUT2D eigenvalue weighted by Gasteiger charge is 2.13. The minimum atomic E-state index is -0.0507. The van der Waals surface area contributed by atoms with Gasteiger partial charge < -0.3 is 14.8 Å². The van der Waals surface area contributed by atoms with Crippen molar-refractivity contribution in [1.82, 2.24) is 15.1 Å². The molecular weight excluding hydrogens is 318 g/mol. The fourth-order valence-corrected chi connectivity index (χ4v) is 2.67. The molecule has 0 radical (unpaired) electrons. The fraction of sp³-hybridized carbons (Fsp3) is 0.158. The highest BCUT2D eigenvalue weighted by Crippen LogP contribution is 2.32. The number of rotatable bonds is 5. The molecule has 0 spiro atoms. The summed E-state index contributed by atoms with van der Waals surface area (Å²) in [5, 5.41) is 7.22. The van der Waals surface area contributed by atoms with Gasteiger partial charge in [-0.2, -0.15) is 5.10 Å². The molecule has 3 aromatic rings. The molecule has 1 aromatic heterocycles. The van der Waals surface area contributed by atoms with Gasteiger partial charge in [-0.15, -0.1) is 0 Å². The van der Waals surface area contributed by atoms with Gasteiger partial charge in [0.1, 0.15) is 0 Å². The number of para-hydroxylation sites is 1. The zero-order valence-electron chi connectivity index (χ0n) is 13.5. The van der Waals surface area contributed by atoms with E-state index in [9.17, 15) is 4.79 Å². The zero-order chi connectivity index (χ0) is 17.1. The Morgan fingerprint density at radius 3 is 2.80 bits per heavy atom. The van der Waals surface area contributed by atoms with Crippen molar-refractivity contribution in [1.29, 1.82) is 0 Å². The van der Waals surface area contributed by atoms with Crippen LogP contribution in [0.25, 0.3) is 5.69 Å². The molecule has 126 valence electrons. The second-order valence-corrected chi connectivity index (χ2v) is 5.77. The third-order valence-corrected chi connectivity index (χ3v) is 3.95. The molecule has 6 heteroatoms. The van der Waals surface area contributed by atoms with Gasteiger partial charge in [0.2, 0.25) is 12.7 Å². The standard InChI is InChI=1S/C19H17N3O3/c23-19(20-10-14-6-7-17-18(8-14)25-13-24-17)9-15-11-21-22(12-15)16-4-2-1-3-5-16/h1-8,11-12H,9-10,13H2,(H,20,23). The number of hydrogen-bond donors (Lipinski definition) is 1. The molecule has 1 amide bonds. The lowest BCUT2D eigenvalue weighted by molar-refractivity contribution is -0.120. The quantitative estimate of drug-likeness (QED) is 0.778. The van der Waals surface area contributed by atoms with Crippen LogP contribution in [-0.2, 0) is 17.8 Å². The number of nitrogens with one attached hydrogen (secondary N) is 1. The first kappa shape index (κ1) is 15.3. The molecular formula is C19H17N3O3. The second-order valence-electron chi connectivity index (χ2n) is 5.77. The lowest BCUT2D eigenvalue weighted by Gasteiger charge is -2.05. The smallest absolute Gasteiger partial charge is 0.231 e. The van der Waals surface area contributed by atoms with Crippen LogP contribution in [0.4, 0.5) is 0 Å². The van der Waals surface area contributed by atoms with Crippen molar-refractivity contribution in [2.45, 2.75) is 13.0 Å². The number of aromatic nitrogens is 2. The minimum Gasteiger partial charge on any atom is -0.454 e. The van der Waals surface area contributed by atoms with E-state index in [-0.39, 0.29) is 19.1 Å². The summed E-state index contributed by atoms with van der Waals surface area (Å²) >= 11 is 0. The maximum Gasteiger partial charge on any atom is 0.231 e. The molecule has 2 heterocycles. The Hall–Kier alpha value is -3.28. The number of fused-ring (bicyclic) bond motifs is 1. The highest BCUT2D eigenvalue weighted by atomic mass is 16.7. The first-order valence-corrected chi connectivity index (χ1v) is 8.02. The van der Waals surface area contributed by atoms with E-state index in [4.69, 9.17) is 9.47 Å². The van der Waals surface area contributed by atoms with Crippen molar-refractivity contribution in [3.63, 3.8) is 0 Å². The van der Waals surface area contributed by atoms with E-state index in [2.05, 4.69) is 10.4 Å². The van der Waals surface area contributed by atoms with Gasteiger partial charge in [-0.1, -0.05) is 24.3 Å². The molecule has 0 saturated carbocycles. The van der Waals surface area contributed by atoms with Crippen LogP contribution in [0, 0.1) is 0 Å². The third-order valence-electron chi connectivity index (χ3n) is 3.95. The number of carbonyl (C=O) groups is 1. The van der Waals surface area contributed by atoms with Gasteiger partial charge in [0.15, 0.2) is 11.5 Å². The molecule has 0 atom stereocenters. The molecule has 4 rings (SSSR count). The predicted octanol–water partition coefficient (Wildman–Crippen LogP) is 2.46. The molecule has 0 bridgehead atoms. The Kier molecular flexibility index (Phi) is 4.08. The molecule has 0 aliphatic carbocycles. The number of nitrogens with zero attached hydrogens (tertiary/aromatic N) is 2. The number of amides is 1. The van der Waals surface area contributed by atoms with E-state index in [1.807, 2.05) is 54.7 Å².